The van der Waals surface area contributed by atoms with Crippen LogP contribution in [-0.2, 0) is 6.42 Å². The minimum atomic E-state index is -0.195. The van der Waals surface area contributed by atoms with Crippen molar-refractivity contribution in [3.8, 4) is 11.5 Å². The van der Waals surface area contributed by atoms with Crippen LogP contribution in [0.25, 0.3) is 11.0 Å². The fraction of sp³-hybridized carbons (Fsp3) is 0.318. The van der Waals surface area contributed by atoms with Gasteiger partial charge >= 0.3 is 0 Å². The van der Waals surface area contributed by atoms with E-state index in [9.17, 15) is 4.79 Å². The average Bonchev–Trinajstić information content (AvgIpc) is 3.01. The number of furan rings is 1. The molecule has 1 heterocycles. The Morgan fingerprint density at radius 1 is 1.04 bits per heavy atom. The van der Waals surface area contributed by atoms with Crippen LogP contribution in [0.5, 0.6) is 11.5 Å². The lowest BCUT2D eigenvalue weighted by atomic mass is 10.1. The Kier molecular flexibility index (Phi) is 6.01. The van der Waals surface area contributed by atoms with Gasteiger partial charge in [0.05, 0.1) is 13.2 Å². The first kappa shape index (κ1) is 18.8. The molecule has 0 unspecified atom stereocenters. The van der Waals surface area contributed by atoms with Gasteiger partial charge in [-0.3, -0.25) is 4.79 Å². The molecule has 0 aliphatic carbocycles. The van der Waals surface area contributed by atoms with Crippen molar-refractivity contribution in [2.45, 2.75) is 27.2 Å². The van der Waals surface area contributed by atoms with E-state index in [1.165, 1.54) is 0 Å². The minimum absolute atomic E-state index is 0.195. The number of aryl methyl sites for hydroxylation is 1. The lowest BCUT2D eigenvalue weighted by Crippen LogP contribution is -2.25. The Hall–Kier alpha value is -2.95. The molecule has 0 fully saturated rings. The number of carbonyl (C=O) groups is 1. The van der Waals surface area contributed by atoms with Crippen molar-refractivity contribution >= 4 is 16.9 Å². The van der Waals surface area contributed by atoms with Gasteiger partial charge in [-0.2, -0.15) is 0 Å². The van der Waals surface area contributed by atoms with E-state index in [1.807, 2.05) is 63.2 Å². The number of ether oxygens (including phenoxy) is 2. The van der Waals surface area contributed by atoms with E-state index in [4.69, 9.17) is 13.9 Å². The number of benzene rings is 2. The van der Waals surface area contributed by atoms with Crippen molar-refractivity contribution < 1.29 is 18.7 Å². The third kappa shape index (κ3) is 4.25. The number of fused-ring (bicyclic) bond motifs is 1. The zero-order valence-corrected chi connectivity index (χ0v) is 16.0. The van der Waals surface area contributed by atoms with Gasteiger partial charge in [0, 0.05) is 17.5 Å². The molecular weight excluding hydrogens is 342 g/mol. The summed E-state index contributed by atoms with van der Waals surface area (Å²) in [7, 11) is 0. The molecule has 1 N–H and O–H groups in total. The average molecular weight is 367 g/mol. The highest BCUT2D eigenvalue weighted by molar-refractivity contribution is 5.98. The van der Waals surface area contributed by atoms with Crippen LogP contribution in [0.15, 0.2) is 46.9 Å². The Morgan fingerprint density at radius 3 is 2.52 bits per heavy atom. The maximum Gasteiger partial charge on any atom is 0.287 e. The van der Waals surface area contributed by atoms with Crippen LogP contribution >= 0.6 is 0 Å². The van der Waals surface area contributed by atoms with Gasteiger partial charge < -0.3 is 19.2 Å². The molecular formula is C22H25NO4. The Labute approximate surface area is 159 Å². The third-order valence-electron chi connectivity index (χ3n) is 4.36. The topological polar surface area (TPSA) is 60.7 Å². The molecule has 0 bridgehead atoms. The van der Waals surface area contributed by atoms with Gasteiger partial charge in [0.15, 0.2) is 17.3 Å². The molecule has 0 atom stereocenters. The predicted molar refractivity (Wildman–Crippen MR) is 106 cm³/mol. The number of amides is 1. The summed E-state index contributed by atoms with van der Waals surface area (Å²) in [4.78, 5) is 12.5. The normalized spacial score (nSPS) is 10.8. The second kappa shape index (κ2) is 8.62. The smallest absolute Gasteiger partial charge is 0.287 e. The second-order valence-electron chi connectivity index (χ2n) is 6.21. The molecule has 3 rings (SSSR count). The molecule has 5 heteroatoms. The lowest BCUT2D eigenvalue weighted by Gasteiger charge is -2.12. The van der Waals surface area contributed by atoms with Gasteiger partial charge in [0.1, 0.15) is 5.58 Å². The second-order valence-corrected chi connectivity index (χ2v) is 6.21. The number of hydrogen-bond acceptors (Lipinski definition) is 4. The molecule has 0 aliphatic heterocycles. The first-order chi connectivity index (χ1) is 13.1. The van der Waals surface area contributed by atoms with E-state index in [-0.39, 0.29) is 5.91 Å². The zero-order valence-electron chi connectivity index (χ0n) is 16.0. The molecule has 5 nitrogen and oxygen atoms in total. The highest BCUT2D eigenvalue weighted by Gasteiger charge is 2.17. The fourth-order valence-corrected chi connectivity index (χ4v) is 3.04. The van der Waals surface area contributed by atoms with E-state index in [0.717, 1.165) is 33.6 Å². The zero-order chi connectivity index (χ0) is 19.2. The van der Waals surface area contributed by atoms with Gasteiger partial charge in [-0.25, -0.2) is 0 Å². The minimum Gasteiger partial charge on any atom is -0.490 e. The summed E-state index contributed by atoms with van der Waals surface area (Å²) in [5.41, 5.74) is 2.67. The first-order valence-electron chi connectivity index (χ1n) is 9.28. The largest absolute Gasteiger partial charge is 0.490 e. The molecule has 0 saturated carbocycles. The Bertz CT molecular complexity index is 929. The standard InChI is InChI=1S/C22H25NO4/c1-4-25-19-11-10-16(14-20(19)26-5-2)12-13-23-22(24)21-15(3)17-8-6-7-9-18(17)27-21/h6-11,14H,4-5,12-13H2,1-3H3,(H,23,24). The molecule has 3 aromatic rings. The van der Waals surface area contributed by atoms with Crippen molar-refractivity contribution in [2.24, 2.45) is 0 Å². The number of para-hydroxylation sites is 1. The van der Waals surface area contributed by atoms with Crippen molar-refractivity contribution in [1.82, 2.24) is 5.32 Å². The van der Waals surface area contributed by atoms with Crippen molar-refractivity contribution in [3.05, 3.63) is 59.4 Å². The first-order valence-corrected chi connectivity index (χ1v) is 9.28. The molecule has 0 saturated heterocycles. The molecule has 0 spiro atoms. The van der Waals surface area contributed by atoms with Crippen molar-refractivity contribution in [2.75, 3.05) is 19.8 Å². The van der Waals surface area contributed by atoms with Gasteiger partial charge in [-0.05, 0) is 51.0 Å². The van der Waals surface area contributed by atoms with Gasteiger partial charge in [0.2, 0.25) is 0 Å². The van der Waals surface area contributed by atoms with E-state index >= 15 is 0 Å². The summed E-state index contributed by atoms with van der Waals surface area (Å²) in [5.74, 6) is 1.65. The molecule has 27 heavy (non-hydrogen) atoms. The van der Waals surface area contributed by atoms with E-state index in [1.54, 1.807) is 0 Å². The maximum absolute atomic E-state index is 12.5. The fourth-order valence-electron chi connectivity index (χ4n) is 3.04. The molecule has 0 radical (unpaired) electrons. The molecule has 1 aromatic heterocycles. The summed E-state index contributed by atoms with van der Waals surface area (Å²) in [6.45, 7) is 7.46. The summed E-state index contributed by atoms with van der Waals surface area (Å²) < 4.78 is 16.9. The maximum atomic E-state index is 12.5. The van der Waals surface area contributed by atoms with E-state index in [0.29, 0.717) is 31.9 Å². The summed E-state index contributed by atoms with van der Waals surface area (Å²) in [6, 6.07) is 13.5. The number of rotatable bonds is 8. The molecule has 2 aromatic carbocycles. The lowest BCUT2D eigenvalue weighted by molar-refractivity contribution is 0.0928. The van der Waals surface area contributed by atoms with Crippen LogP contribution in [0.1, 0.15) is 35.5 Å². The highest BCUT2D eigenvalue weighted by Crippen LogP contribution is 2.29. The Balaban J connectivity index is 1.64. The SMILES string of the molecule is CCOc1ccc(CCNC(=O)c2oc3ccccc3c2C)cc1OCC. The predicted octanol–water partition coefficient (Wildman–Crippen LogP) is 4.51. The number of nitrogens with one attached hydrogen (secondary N) is 1. The van der Waals surface area contributed by atoms with Crippen LogP contribution in [0.2, 0.25) is 0 Å². The quantitative estimate of drug-likeness (QED) is 0.636. The van der Waals surface area contributed by atoms with Crippen LogP contribution in [0, 0.1) is 6.92 Å². The highest BCUT2D eigenvalue weighted by atomic mass is 16.5. The summed E-state index contributed by atoms with van der Waals surface area (Å²) in [6.07, 6.45) is 0.692. The monoisotopic (exact) mass is 367 g/mol. The van der Waals surface area contributed by atoms with Crippen molar-refractivity contribution in [1.29, 1.82) is 0 Å². The number of carbonyl (C=O) groups excluding carboxylic acids is 1. The molecule has 142 valence electrons. The van der Waals surface area contributed by atoms with E-state index in [2.05, 4.69) is 5.32 Å². The van der Waals surface area contributed by atoms with Crippen molar-refractivity contribution in [3.63, 3.8) is 0 Å². The van der Waals surface area contributed by atoms with Crippen LogP contribution in [-0.4, -0.2) is 25.7 Å². The summed E-state index contributed by atoms with van der Waals surface area (Å²) >= 11 is 0. The molecule has 1 amide bonds. The number of hydrogen-bond donors (Lipinski definition) is 1. The van der Waals surface area contributed by atoms with Gasteiger partial charge in [0.25, 0.3) is 5.91 Å². The van der Waals surface area contributed by atoms with Crippen LogP contribution in [0.3, 0.4) is 0 Å². The van der Waals surface area contributed by atoms with Crippen LogP contribution < -0.4 is 14.8 Å². The third-order valence-corrected chi connectivity index (χ3v) is 4.36. The summed E-state index contributed by atoms with van der Waals surface area (Å²) in [5, 5.41) is 3.90. The van der Waals surface area contributed by atoms with Crippen LogP contribution in [0.4, 0.5) is 0 Å². The van der Waals surface area contributed by atoms with Gasteiger partial charge in [-0.15, -0.1) is 0 Å². The molecule has 0 aliphatic rings. The van der Waals surface area contributed by atoms with E-state index < -0.39 is 0 Å². The van der Waals surface area contributed by atoms with Gasteiger partial charge in [-0.1, -0.05) is 24.3 Å². The Morgan fingerprint density at radius 2 is 1.78 bits per heavy atom.